The Morgan fingerprint density at radius 3 is 2.43 bits per heavy atom. The van der Waals surface area contributed by atoms with Crippen LogP contribution in [0.4, 0.5) is 13.2 Å². The largest absolute Gasteiger partial charge is 0.405 e. The van der Waals surface area contributed by atoms with Gasteiger partial charge in [0.1, 0.15) is 6.54 Å². The Balaban J connectivity index is 2.17. The van der Waals surface area contributed by atoms with Crippen molar-refractivity contribution < 1.29 is 26.4 Å². The second-order valence-electron chi connectivity index (χ2n) is 5.29. The van der Waals surface area contributed by atoms with E-state index < -0.39 is 28.7 Å². The van der Waals surface area contributed by atoms with Gasteiger partial charge < -0.3 is 5.32 Å². The number of halogens is 3. The van der Waals surface area contributed by atoms with Crippen molar-refractivity contribution in [3.8, 4) is 0 Å². The van der Waals surface area contributed by atoms with E-state index in [0.29, 0.717) is 13.1 Å². The van der Waals surface area contributed by atoms with Crippen molar-refractivity contribution in [3.63, 3.8) is 0 Å². The Labute approximate surface area is 132 Å². The molecule has 0 unspecified atom stereocenters. The lowest BCUT2D eigenvalue weighted by molar-refractivity contribution is -0.123. The molecule has 1 heterocycles. The summed E-state index contributed by atoms with van der Waals surface area (Å²) in [5.41, 5.74) is -0.118. The Morgan fingerprint density at radius 2 is 1.83 bits per heavy atom. The maximum Gasteiger partial charge on any atom is 0.405 e. The van der Waals surface area contributed by atoms with E-state index in [1.165, 1.54) is 22.5 Å². The molecule has 1 aliphatic rings. The molecule has 0 atom stereocenters. The van der Waals surface area contributed by atoms with E-state index in [1.807, 2.05) is 0 Å². The van der Waals surface area contributed by atoms with Crippen molar-refractivity contribution in [1.29, 1.82) is 0 Å². The second-order valence-corrected chi connectivity index (χ2v) is 7.23. The molecule has 2 rings (SSSR count). The first-order chi connectivity index (χ1) is 10.7. The number of benzene rings is 1. The molecule has 128 valence electrons. The highest BCUT2D eigenvalue weighted by Gasteiger charge is 2.29. The van der Waals surface area contributed by atoms with Gasteiger partial charge in [-0.15, -0.1) is 0 Å². The van der Waals surface area contributed by atoms with E-state index in [4.69, 9.17) is 0 Å². The van der Waals surface area contributed by atoms with Crippen LogP contribution in [0.2, 0.25) is 0 Å². The molecule has 1 N–H and O–H groups in total. The third-order valence-electron chi connectivity index (χ3n) is 3.50. The number of carbonyl (C=O) groups excluding carboxylic acids is 1. The van der Waals surface area contributed by atoms with Crippen LogP contribution in [0.1, 0.15) is 29.6 Å². The predicted molar refractivity (Wildman–Crippen MR) is 77.4 cm³/mol. The van der Waals surface area contributed by atoms with Crippen LogP contribution in [-0.4, -0.2) is 44.4 Å². The van der Waals surface area contributed by atoms with Crippen molar-refractivity contribution in [3.05, 3.63) is 29.8 Å². The first-order valence-electron chi connectivity index (χ1n) is 7.15. The third-order valence-corrected chi connectivity index (χ3v) is 5.39. The summed E-state index contributed by atoms with van der Waals surface area (Å²) in [4.78, 5) is 11.6. The zero-order valence-corrected chi connectivity index (χ0v) is 13.1. The molecule has 1 aromatic rings. The summed E-state index contributed by atoms with van der Waals surface area (Å²) in [5.74, 6) is -0.960. The molecule has 1 saturated heterocycles. The molecule has 1 aromatic carbocycles. The molecular formula is C14H17F3N2O3S. The van der Waals surface area contributed by atoms with E-state index in [0.717, 1.165) is 25.3 Å². The van der Waals surface area contributed by atoms with Gasteiger partial charge in [0.2, 0.25) is 10.0 Å². The standard InChI is InChI=1S/C14H17F3N2O3S/c15-14(16,17)10-18-13(20)11-5-4-6-12(9-11)23(21,22)19-7-2-1-3-8-19/h4-6,9H,1-3,7-8,10H2,(H,18,20). The third kappa shape index (κ3) is 4.68. The highest BCUT2D eigenvalue weighted by atomic mass is 32.2. The Bertz CT molecular complexity index is 668. The summed E-state index contributed by atoms with van der Waals surface area (Å²) in [6.45, 7) is -0.644. The molecule has 9 heteroatoms. The number of sulfonamides is 1. The van der Waals surface area contributed by atoms with Gasteiger partial charge in [0.25, 0.3) is 5.91 Å². The van der Waals surface area contributed by atoms with E-state index in [2.05, 4.69) is 0 Å². The minimum absolute atomic E-state index is 0.0842. The van der Waals surface area contributed by atoms with Crippen LogP contribution in [0.5, 0.6) is 0 Å². The SMILES string of the molecule is O=C(NCC(F)(F)F)c1cccc(S(=O)(=O)N2CCCCC2)c1. The van der Waals surface area contributed by atoms with E-state index in [9.17, 15) is 26.4 Å². The van der Waals surface area contributed by atoms with Gasteiger partial charge in [-0.2, -0.15) is 17.5 Å². The van der Waals surface area contributed by atoms with E-state index >= 15 is 0 Å². The van der Waals surface area contributed by atoms with Gasteiger partial charge in [-0.1, -0.05) is 12.5 Å². The van der Waals surface area contributed by atoms with Crippen molar-refractivity contribution in [2.24, 2.45) is 0 Å². The molecule has 0 bridgehead atoms. The highest BCUT2D eigenvalue weighted by molar-refractivity contribution is 7.89. The van der Waals surface area contributed by atoms with Gasteiger partial charge in [-0.05, 0) is 31.0 Å². The van der Waals surface area contributed by atoms with Gasteiger partial charge in [0, 0.05) is 18.7 Å². The van der Waals surface area contributed by atoms with Gasteiger partial charge in [-0.3, -0.25) is 4.79 Å². The van der Waals surface area contributed by atoms with Crippen molar-refractivity contribution >= 4 is 15.9 Å². The lowest BCUT2D eigenvalue weighted by Gasteiger charge is -2.26. The monoisotopic (exact) mass is 350 g/mol. The normalized spacial score (nSPS) is 17.0. The number of amides is 1. The fourth-order valence-corrected chi connectivity index (χ4v) is 3.90. The lowest BCUT2D eigenvalue weighted by Crippen LogP contribution is -2.36. The molecular weight excluding hydrogens is 333 g/mol. The highest BCUT2D eigenvalue weighted by Crippen LogP contribution is 2.21. The number of hydrogen-bond donors (Lipinski definition) is 1. The topological polar surface area (TPSA) is 66.5 Å². The number of nitrogens with zero attached hydrogens (tertiary/aromatic N) is 1. The first-order valence-corrected chi connectivity index (χ1v) is 8.59. The summed E-state index contributed by atoms with van der Waals surface area (Å²) in [7, 11) is -3.73. The first kappa shape index (κ1) is 17.7. The Kier molecular flexibility index (Phi) is 5.30. The van der Waals surface area contributed by atoms with E-state index in [1.54, 1.807) is 5.32 Å². The number of carbonyl (C=O) groups is 1. The van der Waals surface area contributed by atoms with Gasteiger partial charge >= 0.3 is 6.18 Å². The van der Waals surface area contributed by atoms with E-state index in [-0.39, 0.29) is 10.5 Å². The minimum Gasteiger partial charge on any atom is -0.343 e. The van der Waals surface area contributed by atoms with Crippen LogP contribution in [0.15, 0.2) is 29.2 Å². The molecule has 0 saturated carbocycles. The Morgan fingerprint density at radius 1 is 1.17 bits per heavy atom. The predicted octanol–water partition coefficient (Wildman–Crippen LogP) is 2.15. The maximum atomic E-state index is 12.5. The number of piperidine rings is 1. The fraction of sp³-hybridized carbons (Fsp3) is 0.500. The molecule has 0 aliphatic carbocycles. The number of hydrogen-bond acceptors (Lipinski definition) is 3. The number of nitrogens with one attached hydrogen (secondary N) is 1. The number of rotatable bonds is 4. The van der Waals surface area contributed by atoms with Crippen molar-refractivity contribution in [2.75, 3.05) is 19.6 Å². The zero-order chi connectivity index (χ0) is 17.1. The van der Waals surface area contributed by atoms with Crippen LogP contribution < -0.4 is 5.32 Å². The van der Waals surface area contributed by atoms with Crippen LogP contribution >= 0.6 is 0 Å². The van der Waals surface area contributed by atoms with Crippen molar-refractivity contribution in [1.82, 2.24) is 9.62 Å². The summed E-state index contributed by atoms with van der Waals surface area (Å²) < 4.78 is 62.7. The van der Waals surface area contributed by atoms with Gasteiger partial charge in [0.15, 0.2) is 0 Å². The molecule has 1 fully saturated rings. The molecule has 0 aromatic heterocycles. The molecule has 1 amide bonds. The summed E-state index contributed by atoms with van der Waals surface area (Å²) in [5, 5.41) is 1.72. The second kappa shape index (κ2) is 6.88. The van der Waals surface area contributed by atoms with Gasteiger partial charge in [-0.25, -0.2) is 8.42 Å². The molecule has 23 heavy (non-hydrogen) atoms. The van der Waals surface area contributed by atoms with Gasteiger partial charge in [0.05, 0.1) is 4.90 Å². The summed E-state index contributed by atoms with van der Waals surface area (Å²) in [6.07, 6.45) is -2.02. The van der Waals surface area contributed by atoms with Crippen LogP contribution in [0, 0.1) is 0 Å². The molecule has 5 nitrogen and oxygen atoms in total. The molecule has 0 radical (unpaired) electrons. The molecule has 1 aliphatic heterocycles. The quantitative estimate of drug-likeness (QED) is 0.905. The van der Waals surface area contributed by atoms with Crippen molar-refractivity contribution in [2.45, 2.75) is 30.3 Å². The number of alkyl halides is 3. The van der Waals surface area contributed by atoms with Crippen LogP contribution in [-0.2, 0) is 10.0 Å². The average Bonchev–Trinajstić information content (AvgIpc) is 2.53. The molecule has 0 spiro atoms. The zero-order valence-electron chi connectivity index (χ0n) is 12.3. The summed E-state index contributed by atoms with van der Waals surface area (Å²) >= 11 is 0. The summed E-state index contributed by atoms with van der Waals surface area (Å²) in [6, 6.07) is 5.07. The average molecular weight is 350 g/mol. The minimum atomic E-state index is -4.52. The fourth-order valence-electron chi connectivity index (χ4n) is 2.33. The van der Waals surface area contributed by atoms with Crippen LogP contribution in [0.25, 0.3) is 0 Å². The smallest absolute Gasteiger partial charge is 0.343 e. The van der Waals surface area contributed by atoms with Crippen LogP contribution in [0.3, 0.4) is 0 Å². The lowest BCUT2D eigenvalue weighted by atomic mass is 10.2. The maximum absolute atomic E-state index is 12.5. The Hall–Kier alpha value is -1.61.